The summed E-state index contributed by atoms with van der Waals surface area (Å²) < 4.78 is 1.58. The Hall–Kier alpha value is -2.37. The molecule has 6 heteroatoms. The Balaban J connectivity index is 1.78. The summed E-state index contributed by atoms with van der Waals surface area (Å²) in [6.07, 6.45) is 6.27. The Morgan fingerprint density at radius 2 is 2.16 bits per heavy atom. The van der Waals surface area contributed by atoms with Gasteiger partial charge in [0.25, 0.3) is 0 Å². The molecular weight excluding hydrogens is 242 g/mol. The maximum atomic E-state index is 11.7. The molecule has 0 aliphatic carbocycles. The molecule has 0 saturated heterocycles. The first-order valence-electron chi connectivity index (χ1n) is 6.09. The quantitative estimate of drug-likeness (QED) is 0.825. The molecule has 0 bridgehead atoms. The molecule has 1 amide bonds. The molecular formula is C13H17N5O. The zero-order valence-corrected chi connectivity index (χ0v) is 10.8. The monoisotopic (exact) mass is 259 g/mol. The minimum atomic E-state index is 0.0000605. The lowest BCUT2D eigenvalue weighted by Gasteiger charge is -2.05. The van der Waals surface area contributed by atoms with Gasteiger partial charge in [-0.1, -0.05) is 0 Å². The van der Waals surface area contributed by atoms with Gasteiger partial charge in [-0.05, 0) is 24.1 Å². The first-order chi connectivity index (χ1) is 9.16. The smallest absolute Gasteiger partial charge is 0.220 e. The van der Waals surface area contributed by atoms with Gasteiger partial charge in [-0.25, -0.2) is 0 Å². The number of amides is 1. The zero-order valence-electron chi connectivity index (χ0n) is 10.8. The van der Waals surface area contributed by atoms with Gasteiger partial charge in [0.05, 0.1) is 6.20 Å². The number of carbonyl (C=O) groups is 1. The van der Waals surface area contributed by atoms with E-state index in [0.717, 1.165) is 11.1 Å². The molecule has 0 atom stereocenters. The first-order valence-corrected chi connectivity index (χ1v) is 6.09. The van der Waals surface area contributed by atoms with E-state index in [1.807, 2.05) is 12.1 Å². The van der Waals surface area contributed by atoms with Gasteiger partial charge in [-0.2, -0.15) is 5.10 Å². The minimum absolute atomic E-state index is 0.0000605. The van der Waals surface area contributed by atoms with Crippen LogP contribution in [0.1, 0.15) is 17.5 Å². The van der Waals surface area contributed by atoms with Crippen LogP contribution in [0.5, 0.6) is 0 Å². The van der Waals surface area contributed by atoms with Crippen molar-refractivity contribution < 1.29 is 4.79 Å². The molecule has 0 aromatic carbocycles. The largest absolute Gasteiger partial charge is 0.384 e. The summed E-state index contributed by atoms with van der Waals surface area (Å²) >= 11 is 0. The molecule has 2 rings (SSSR count). The number of carbonyl (C=O) groups excluding carboxylic acids is 1. The topological polar surface area (TPSA) is 85.8 Å². The van der Waals surface area contributed by atoms with Crippen molar-refractivity contribution in [1.29, 1.82) is 0 Å². The van der Waals surface area contributed by atoms with E-state index in [0.29, 0.717) is 25.2 Å². The number of nitrogens with zero attached hydrogens (tertiary/aromatic N) is 3. The molecule has 19 heavy (non-hydrogen) atoms. The van der Waals surface area contributed by atoms with Crippen molar-refractivity contribution in [1.82, 2.24) is 20.1 Å². The van der Waals surface area contributed by atoms with Gasteiger partial charge >= 0.3 is 0 Å². The van der Waals surface area contributed by atoms with Crippen LogP contribution in [-0.4, -0.2) is 20.7 Å². The molecule has 0 fully saturated rings. The predicted octanol–water partition coefficient (Wildman–Crippen LogP) is 0.646. The van der Waals surface area contributed by atoms with Crippen LogP contribution >= 0.6 is 0 Å². The Morgan fingerprint density at radius 1 is 1.42 bits per heavy atom. The number of anilines is 1. The summed E-state index contributed by atoms with van der Waals surface area (Å²) in [7, 11) is 1.77. The molecule has 6 nitrogen and oxygen atoms in total. The molecule has 100 valence electrons. The highest BCUT2D eigenvalue weighted by Crippen LogP contribution is 2.08. The van der Waals surface area contributed by atoms with Crippen LogP contribution in [-0.2, 0) is 24.8 Å². The number of rotatable bonds is 5. The number of nitrogens with one attached hydrogen (secondary N) is 1. The molecule has 3 N–H and O–H groups in total. The van der Waals surface area contributed by atoms with Crippen molar-refractivity contribution in [3.05, 3.63) is 41.9 Å². The number of aromatic nitrogens is 3. The van der Waals surface area contributed by atoms with Crippen LogP contribution in [0.15, 0.2) is 30.7 Å². The van der Waals surface area contributed by atoms with Crippen molar-refractivity contribution in [3.8, 4) is 0 Å². The summed E-state index contributed by atoms with van der Waals surface area (Å²) in [5.74, 6) is 0.578. The van der Waals surface area contributed by atoms with E-state index in [1.54, 1.807) is 30.3 Å². The maximum absolute atomic E-state index is 11.7. The molecule has 2 heterocycles. The van der Waals surface area contributed by atoms with Gasteiger partial charge < -0.3 is 11.1 Å². The summed E-state index contributed by atoms with van der Waals surface area (Å²) in [4.78, 5) is 15.6. The first kappa shape index (κ1) is 13.1. The van der Waals surface area contributed by atoms with Crippen LogP contribution in [0.25, 0.3) is 0 Å². The summed E-state index contributed by atoms with van der Waals surface area (Å²) in [6.45, 7) is 0.412. The summed E-state index contributed by atoms with van der Waals surface area (Å²) in [5.41, 5.74) is 7.73. The number of hydrogen-bond donors (Lipinski definition) is 2. The third-order valence-electron chi connectivity index (χ3n) is 2.93. The van der Waals surface area contributed by atoms with Gasteiger partial charge in [-0.3, -0.25) is 14.5 Å². The van der Waals surface area contributed by atoms with E-state index in [4.69, 9.17) is 5.73 Å². The fourth-order valence-corrected chi connectivity index (χ4v) is 1.72. The van der Waals surface area contributed by atoms with Crippen molar-refractivity contribution in [3.63, 3.8) is 0 Å². The lowest BCUT2D eigenvalue weighted by molar-refractivity contribution is -0.121. The van der Waals surface area contributed by atoms with E-state index in [2.05, 4.69) is 15.4 Å². The lowest BCUT2D eigenvalue weighted by Crippen LogP contribution is -2.23. The molecule has 0 aliphatic rings. The van der Waals surface area contributed by atoms with Crippen LogP contribution in [0.3, 0.4) is 0 Å². The predicted molar refractivity (Wildman–Crippen MR) is 72.0 cm³/mol. The van der Waals surface area contributed by atoms with Gasteiger partial charge in [0.2, 0.25) is 5.91 Å². The minimum Gasteiger partial charge on any atom is -0.384 e. The summed E-state index contributed by atoms with van der Waals surface area (Å²) in [5, 5.41) is 6.86. The molecule has 0 saturated carbocycles. The van der Waals surface area contributed by atoms with Crippen LogP contribution in [0.2, 0.25) is 0 Å². The third-order valence-corrected chi connectivity index (χ3v) is 2.93. The number of hydrogen-bond acceptors (Lipinski definition) is 4. The third kappa shape index (κ3) is 3.54. The zero-order chi connectivity index (χ0) is 13.7. The van der Waals surface area contributed by atoms with E-state index >= 15 is 0 Å². The van der Waals surface area contributed by atoms with E-state index in [-0.39, 0.29) is 5.91 Å². The fourth-order valence-electron chi connectivity index (χ4n) is 1.72. The Labute approximate surface area is 111 Å². The molecule has 0 unspecified atom stereocenters. The highest BCUT2D eigenvalue weighted by atomic mass is 16.1. The standard InChI is InChI=1S/C13H17N5O/c1-18-13(14)11(9-17-18)8-16-12(19)3-2-10-4-6-15-7-5-10/h4-7,9H,2-3,8,14H2,1H3,(H,16,19). The molecule has 0 spiro atoms. The maximum Gasteiger partial charge on any atom is 0.220 e. The van der Waals surface area contributed by atoms with Crippen LogP contribution in [0.4, 0.5) is 5.82 Å². The van der Waals surface area contributed by atoms with Gasteiger partial charge in [-0.15, -0.1) is 0 Å². The Kier molecular flexibility index (Phi) is 4.12. The van der Waals surface area contributed by atoms with E-state index < -0.39 is 0 Å². The Morgan fingerprint density at radius 3 is 2.79 bits per heavy atom. The highest BCUT2D eigenvalue weighted by molar-refractivity contribution is 5.76. The average molecular weight is 259 g/mol. The van der Waals surface area contributed by atoms with E-state index in [1.165, 1.54) is 0 Å². The number of aryl methyl sites for hydroxylation is 2. The second-order valence-electron chi connectivity index (χ2n) is 4.31. The van der Waals surface area contributed by atoms with Gasteiger partial charge in [0, 0.05) is 38.0 Å². The van der Waals surface area contributed by atoms with Gasteiger partial charge in [0.1, 0.15) is 5.82 Å². The normalized spacial score (nSPS) is 10.4. The van der Waals surface area contributed by atoms with Crippen molar-refractivity contribution in [2.45, 2.75) is 19.4 Å². The molecule has 0 radical (unpaired) electrons. The van der Waals surface area contributed by atoms with Gasteiger partial charge in [0.15, 0.2) is 0 Å². The average Bonchev–Trinajstić information content (AvgIpc) is 2.75. The summed E-state index contributed by atoms with van der Waals surface area (Å²) in [6, 6.07) is 3.82. The van der Waals surface area contributed by atoms with Crippen LogP contribution < -0.4 is 11.1 Å². The number of nitrogens with two attached hydrogens (primary N) is 1. The number of pyridine rings is 1. The molecule has 2 aromatic heterocycles. The molecule has 2 aromatic rings. The van der Waals surface area contributed by atoms with E-state index in [9.17, 15) is 4.79 Å². The van der Waals surface area contributed by atoms with Crippen molar-refractivity contribution in [2.75, 3.05) is 5.73 Å². The lowest BCUT2D eigenvalue weighted by atomic mass is 10.1. The van der Waals surface area contributed by atoms with Crippen LogP contribution in [0, 0.1) is 0 Å². The SMILES string of the molecule is Cn1ncc(CNC(=O)CCc2ccncc2)c1N. The Bertz CT molecular complexity index is 549. The van der Waals surface area contributed by atoms with Crippen molar-refractivity contribution >= 4 is 11.7 Å². The fraction of sp³-hybridized carbons (Fsp3) is 0.308. The second-order valence-corrected chi connectivity index (χ2v) is 4.31. The highest BCUT2D eigenvalue weighted by Gasteiger charge is 2.07. The van der Waals surface area contributed by atoms with Crippen molar-refractivity contribution in [2.24, 2.45) is 7.05 Å². The molecule has 0 aliphatic heterocycles. The second kappa shape index (κ2) is 5.99. The number of nitrogen functional groups attached to an aromatic ring is 1.